The molecule has 0 aliphatic rings. The molecule has 1 atom stereocenters. The molecule has 150 valence electrons. The maximum atomic E-state index is 12.8. The van der Waals surface area contributed by atoms with Gasteiger partial charge in [0.15, 0.2) is 5.69 Å². The fraction of sp³-hybridized carbons (Fsp3) is 0.294. The largest absolute Gasteiger partial charge is 0.486 e. The number of fused-ring (bicyclic) bond motifs is 1. The summed E-state index contributed by atoms with van der Waals surface area (Å²) in [5.41, 5.74) is -0.280. The van der Waals surface area contributed by atoms with Gasteiger partial charge in [0.05, 0.1) is 21.3 Å². The Morgan fingerprint density at radius 2 is 2.07 bits per heavy atom. The summed E-state index contributed by atoms with van der Waals surface area (Å²) in [6.45, 7) is 1.34. The maximum absolute atomic E-state index is 12.8. The van der Waals surface area contributed by atoms with E-state index in [0.29, 0.717) is 15.6 Å². The SMILES string of the molecule is CC(C(=O)O)c1csc2c(Cl)c(OCc3cc(C(F)(F)F)nn3C)cc(Cl)c12. The zero-order chi connectivity index (χ0) is 20.8. The molecule has 1 N–H and O–H groups in total. The molecule has 5 nitrogen and oxygen atoms in total. The Bertz CT molecular complexity index is 1060. The summed E-state index contributed by atoms with van der Waals surface area (Å²) in [6, 6.07) is 2.32. The summed E-state index contributed by atoms with van der Waals surface area (Å²) in [7, 11) is 1.38. The van der Waals surface area contributed by atoms with Crippen molar-refractivity contribution in [3.63, 3.8) is 0 Å². The van der Waals surface area contributed by atoms with Crippen LogP contribution in [0.5, 0.6) is 5.75 Å². The van der Waals surface area contributed by atoms with Crippen LogP contribution in [-0.2, 0) is 24.6 Å². The van der Waals surface area contributed by atoms with Gasteiger partial charge in [-0.05, 0) is 23.9 Å². The van der Waals surface area contributed by atoms with Crippen molar-refractivity contribution in [3.05, 3.63) is 44.5 Å². The first-order valence-corrected chi connectivity index (χ1v) is 9.49. The van der Waals surface area contributed by atoms with E-state index < -0.39 is 23.8 Å². The van der Waals surface area contributed by atoms with E-state index in [9.17, 15) is 23.1 Å². The number of carboxylic acids is 1. The van der Waals surface area contributed by atoms with Gasteiger partial charge in [0, 0.05) is 18.5 Å². The van der Waals surface area contributed by atoms with Crippen LogP contribution in [0.15, 0.2) is 17.5 Å². The molecule has 11 heteroatoms. The number of thiophene rings is 1. The molecule has 3 aromatic rings. The third-order valence-corrected chi connectivity index (χ3v) is 6.01. The van der Waals surface area contributed by atoms with Gasteiger partial charge in [-0.3, -0.25) is 9.48 Å². The third kappa shape index (κ3) is 3.78. The highest BCUT2D eigenvalue weighted by Crippen LogP contribution is 2.45. The van der Waals surface area contributed by atoms with Gasteiger partial charge < -0.3 is 9.84 Å². The summed E-state index contributed by atoms with van der Waals surface area (Å²) >= 11 is 13.9. The van der Waals surface area contributed by atoms with Gasteiger partial charge in [0.2, 0.25) is 0 Å². The van der Waals surface area contributed by atoms with Gasteiger partial charge in [-0.2, -0.15) is 18.3 Å². The van der Waals surface area contributed by atoms with E-state index in [1.807, 2.05) is 0 Å². The first kappa shape index (κ1) is 20.8. The van der Waals surface area contributed by atoms with Gasteiger partial charge >= 0.3 is 12.1 Å². The van der Waals surface area contributed by atoms with Crippen molar-refractivity contribution in [2.45, 2.75) is 25.6 Å². The van der Waals surface area contributed by atoms with Crippen molar-refractivity contribution in [1.82, 2.24) is 9.78 Å². The topological polar surface area (TPSA) is 64.3 Å². The fourth-order valence-electron chi connectivity index (χ4n) is 2.63. The Balaban J connectivity index is 1.92. The average Bonchev–Trinajstić information content (AvgIpc) is 3.20. The highest BCUT2D eigenvalue weighted by atomic mass is 35.5. The number of aryl methyl sites for hydroxylation is 1. The van der Waals surface area contributed by atoms with Crippen LogP contribution >= 0.6 is 34.5 Å². The van der Waals surface area contributed by atoms with E-state index in [1.54, 1.807) is 12.3 Å². The van der Waals surface area contributed by atoms with Crippen molar-refractivity contribution in [2.75, 3.05) is 0 Å². The number of halogens is 5. The maximum Gasteiger partial charge on any atom is 0.435 e. The van der Waals surface area contributed by atoms with Crippen LogP contribution in [0.4, 0.5) is 13.2 Å². The number of carboxylic acid groups (broad SMARTS) is 1. The molecule has 3 rings (SSSR count). The van der Waals surface area contributed by atoms with Crippen molar-refractivity contribution >= 4 is 50.6 Å². The van der Waals surface area contributed by atoms with E-state index >= 15 is 0 Å². The van der Waals surface area contributed by atoms with Crippen molar-refractivity contribution in [2.24, 2.45) is 7.05 Å². The monoisotopic (exact) mass is 452 g/mol. The second-order valence-corrected chi connectivity index (χ2v) is 7.72. The standard InChI is InChI=1S/C17H13Cl2F3N2O3S/c1-7(16(25)26)9-6-28-15-13(9)10(18)4-11(14(15)19)27-5-8-3-12(17(20,21)22)23-24(8)2/h3-4,6-7H,5H2,1-2H3,(H,25,26). The quantitative estimate of drug-likeness (QED) is 0.536. The molecule has 0 saturated heterocycles. The van der Waals surface area contributed by atoms with Gasteiger partial charge in [-0.1, -0.05) is 23.2 Å². The lowest BCUT2D eigenvalue weighted by Gasteiger charge is -2.11. The molecule has 0 saturated carbocycles. The Labute approximate surface area is 171 Å². The minimum absolute atomic E-state index is 0.185. The Kier molecular flexibility index (Phi) is 5.53. The molecule has 28 heavy (non-hydrogen) atoms. The molecule has 1 unspecified atom stereocenters. The number of carbonyl (C=O) groups is 1. The van der Waals surface area contributed by atoms with Crippen molar-refractivity contribution < 1.29 is 27.8 Å². The molecule has 0 fully saturated rings. The Hall–Kier alpha value is -1.97. The van der Waals surface area contributed by atoms with E-state index in [0.717, 1.165) is 10.7 Å². The van der Waals surface area contributed by atoms with Gasteiger partial charge in [0.1, 0.15) is 17.4 Å². The number of aromatic nitrogens is 2. The van der Waals surface area contributed by atoms with E-state index in [4.69, 9.17) is 27.9 Å². The van der Waals surface area contributed by atoms with Crippen LogP contribution in [0, 0.1) is 0 Å². The number of ether oxygens (including phenoxy) is 1. The number of nitrogens with zero attached hydrogens (tertiary/aromatic N) is 2. The first-order chi connectivity index (χ1) is 13.0. The second kappa shape index (κ2) is 7.46. The number of benzene rings is 1. The molecule has 0 radical (unpaired) electrons. The lowest BCUT2D eigenvalue weighted by Crippen LogP contribution is -2.07. The van der Waals surface area contributed by atoms with Crippen LogP contribution in [0.3, 0.4) is 0 Å². The molecule has 0 bridgehead atoms. The van der Waals surface area contributed by atoms with E-state index in [1.165, 1.54) is 24.5 Å². The van der Waals surface area contributed by atoms with Crippen LogP contribution in [0.25, 0.3) is 10.1 Å². The summed E-state index contributed by atoms with van der Waals surface area (Å²) in [5.74, 6) is -1.58. The molecule has 1 aromatic carbocycles. The van der Waals surface area contributed by atoms with Crippen LogP contribution < -0.4 is 4.74 Å². The number of aliphatic carboxylic acids is 1. The van der Waals surface area contributed by atoms with E-state index in [2.05, 4.69) is 5.10 Å². The molecule has 0 aliphatic carbocycles. The highest BCUT2D eigenvalue weighted by molar-refractivity contribution is 7.18. The summed E-state index contributed by atoms with van der Waals surface area (Å²) in [5, 5.41) is 15.3. The van der Waals surface area contributed by atoms with Gasteiger partial charge in [-0.25, -0.2) is 0 Å². The first-order valence-electron chi connectivity index (χ1n) is 7.85. The molecule has 0 spiro atoms. The van der Waals surface area contributed by atoms with Gasteiger partial charge in [0.25, 0.3) is 0 Å². The van der Waals surface area contributed by atoms with Crippen LogP contribution in [0.2, 0.25) is 10.0 Å². The molecular weight excluding hydrogens is 440 g/mol. The average molecular weight is 453 g/mol. The Morgan fingerprint density at radius 1 is 1.39 bits per heavy atom. The van der Waals surface area contributed by atoms with Crippen LogP contribution in [-0.4, -0.2) is 20.9 Å². The lowest BCUT2D eigenvalue weighted by molar-refractivity contribution is -0.141. The van der Waals surface area contributed by atoms with Gasteiger partial charge in [-0.15, -0.1) is 11.3 Å². The van der Waals surface area contributed by atoms with Crippen molar-refractivity contribution in [1.29, 1.82) is 0 Å². The second-order valence-electron chi connectivity index (χ2n) is 6.06. The molecular formula is C17H13Cl2F3N2O3S. The normalized spacial score (nSPS) is 13.1. The summed E-state index contributed by atoms with van der Waals surface area (Å²) in [4.78, 5) is 11.3. The van der Waals surface area contributed by atoms with Crippen LogP contribution in [0.1, 0.15) is 29.8 Å². The summed E-state index contributed by atoms with van der Waals surface area (Å²) < 4.78 is 45.5. The lowest BCUT2D eigenvalue weighted by atomic mass is 10.0. The number of alkyl halides is 3. The van der Waals surface area contributed by atoms with Crippen molar-refractivity contribution in [3.8, 4) is 5.75 Å². The Morgan fingerprint density at radius 3 is 2.64 bits per heavy atom. The number of hydrogen-bond acceptors (Lipinski definition) is 4. The zero-order valence-corrected chi connectivity index (χ0v) is 16.8. The predicted octanol–water partition coefficient (Wildman–Crippen LogP) is 5.73. The molecule has 2 aromatic heterocycles. The highest BCUT2D eigenvalue weighted by Gasteiger charge is 2.34. The predicted molar refractivity (Wildman–Crippen MR) is 100 cm³/mol. The minimum Gasteiger partial charge on any atom is -0.486 e. The number of rotatable bonds is 5. The van der Waals surface area contributed by atoms with E-state index in [-0.39, 0.29) is 28.1 Å². The minimum atomic E-state index is -4.55. The molecule has 2 heterocycles. The number of hydrogen-bond donors (Lipinski definition) is 1. The zero-order valence-electron chi connectivity index (χ0n) is 14.5. The molecule has 0 aliphatic heterocycles. The fourth-order valence-corrected chi connectivity index (χ4v) is 4.44. The third-order valence-electron chi connectivity index (χ3n) is 4.21. The summed E-state index contributed by atoms with van der Waals surface area (Å²) in [6.07, 6.45) is -4.55. The molecule has 0 amide bonds. The smallest absolute Gasteiger partial charge is 0.435 e.